The lowest BCUT2D eigenvalue weighted by Gasteiger charge is -2.22. The van der Waals surface area contributed by atoms with Gasteiger partial charge in [0.2, 0.25) is 5.91 Å². The van der Waals surface area contributed by atoms with E-state index in [4.69, 9.17) is 5.73 Å². The van der Waals surface area contributed by atoms with Crippen LogP contribution in [0.15, 0.2) is 54.3 Å². The molecule has 8 nitrogen and oxygen atoms in total. The van der Waals surface area contributed by atoms with Crippen LogP contribution in [0, 0.1) is 11.3 Å². The second-order valence-electron chi connectivity index (χ2n) is 8.78. The summed E-state index contributed by atoms with van der Waals surface area (Å²) in [4.78, 5) is 36.9. The van der Waals surface area contributed by atoms with Crippen molar-refractivity contribution in [3.05, 3.63) is 59.8 Å². The first-order valence-corrected chi connectivity index (χ1v) is 10.1. The average Bonchev–Trinajstić information content (AvgIpc) is 3.11. The third-order valence-corrected chi connectivity index (χ3v) is 5.31. The number of carbonyl (C=O) groups excluding carboxylic acids is 2. The van der Waals surface area contributed by atoms with E-state index in [1.165, 1.54) is 18.2 Å². The van der Waals surface area contributed by atoms with E-state index in [-0.39, 0.29) is 29.9 Å². The van der Waals surface area contributed by atoms with Crippen molar-refractivity contribution in [1.29, 1.82) is 0 Å². The summed E-state index contributed by atoms with van der Waals surface area (Å²) in [5.41, 5.74) is 7.04. The molecule has 1 aromatic carbocycles. The van der Waals surface area contributed by atoms with E-state index in [9.17, 15) is 19.5 Å². The average molecular weight is 425 g/mol. The van der Waals surface area contributed by atoms with Crippen LogP contribution in [0.25, 0.3) is 0 Å². The second kappa shape index (κ2) is 8.67. The molecular formula is C23H28N4O4. The fraction of sp³-hybridized carbons (Fsp3) is 0.348. The number of anilines is 2. The summed E-state index contributed by atoms with van der Waals surface area (Å²) in [6.45, 7) is 5.29. The van der Waals surface area contributed by atoms with Gasteiger partial charge in [-0.25, -0.2) is 4.79 Å². The Morgan fingerprint density at radius 2 is 1.90 bits per heavy atom. The molecule has 31 heavy (non-hydrogen) atoms. The molecule has 1 heterocycles. The van der Waals surface area contributed by atoms with Gasteiger partial charge in [-0.15, -0.1) is 0 Å². The third-order valence-electron chi connectivity index (χ3n) is 5.31. The molecule has 3 rings (SSSR count). The zero-order valence-corrected chi connectivity index (χ0v) is 17.8. The number of hydrogen-bond acceptors (Lipinski definition) is 5. The van der Waals surface area contributed by atoms with Crippen molar-refractivity contribution in [2.75, 3.05) is 11.1 Å². The van der Waals surface area contributed by atoms with E-state index >= 15 is 0 Å². The van der Waals surface area contributed by atoms with Gasteiger partial charge < -0.3 is 26.8 Å². The Labute approximate surface area is 181 Å². The van der Waals surface area contributed by atoms with Crippen LogP contribution in [-0.2, 0) is 9.59 Å². The molecule has 0 fully saturated rings. The van der Waals surface area contributed by atoms with Gasteiger partial charge in [-0.2, -0.15) is 0 Å². The number of allylic oxidation sites excluding steroid dienone is 2. The number of aliphatic carboxylic acids is 1. The molecule has 0 saturated carbocycles. The summed E-state index contributed by atoms with van der Waals surface area (Å²) in [7, 11) is 0. The maximum Gasteiger partial charge on any atom is 0.326 e. The minimum Gasteiger partial charge on any atom is -0.480 e. The van der Waals surface area contributed by atoms with Gasteiger partial charge in [0, 0.05) is 23.3 Å². The van der Waals surface area contributed by atoms with Crippen LogP contribution in [-0.4, -0.2) is 35.0 Å². The number of rotatable bonds is 6. The van der Waals surface area contributed by atoms with Gasteiger partial charge >= 0.3 is 5.97 Å². The first-order chi connectivity index (χ1) is 14.6. The first kappa shape index (κ1) is 22.1. The van der Waals surface area contributed by atoms with Gasteiger partial charge in [0.15, 0.2) is 0 Å². The lowest BCUT2D eigenvalue weighted by molar-refractivity contribution is -0.139. The summed E-state index contributed by atoms with van der Waals surface area (Å²) < 4.78 is 0. The lowest BCUT2D eigenvalue weighted by atomic mass is 9.88. The molecule has 6 N–H and O–H groups in total. The van der Waals surface area contributed by atoms with E-state index in [0.29, 0.717) is 11.4 Å². The van der Waals surface area contributed by atoms with E-state index in [1.54, 1.807) is 20.8 Å². The van der Waals surface area contributed by atoms with Gasteiger partial charge in [-0.3, -0.25) is 9.59 Å². The molecule has 2 amide bonds. The van der Waals surface area contributed by atoms with Crippen molar-refractivity contribution in [2.24, 2.45) is 11.3 Å². The predicted molar refractivity (Wildman–Crippen MR) is 119 cm³/mol. The maximum absolute atomic E-state index is 12.8. The maximum atomic E-state index is 12.8. The smallest absolute Gasteiger partial charge is 0.326 e. The van der Waals surface area contributed by atoms with Crippen molar-refractivity contribution in [1.82, 2.24) is 10.6 Å². The predicted octanol–water partition coefficient (Wildman–Crippen LogP) is 2.42. The second-order valence-corrected chi connectivity index (χ2v) is 8.78. The van der Waals surface area contributed by atoms with Crippen molar-refractivity contribution in [2.45, 2.75) is 39.3 Å². The van der Waals surface area contributed by atoms with Crippen LogP contribution < -0.4 is 21.7 Å². The zero-order chi connectivity index (χ0) is 22.8. The largest absolute Gasteiger partial charge is 0.480 e. The summed E-state index contributed by atoms with van der Waals surface area (Å²) >= 11 is 0. The number of benzene rings is 1. The number of fused-ring (bicyclic) bond motifs is 1. The standard InChI is InChI=1S/C23H28N4O4/c1-23(2,3)22(31)27-18-10-13(8-9-16(18)24)20(28)26-19(21(29)30)11-14-12-25-17-7-5-4-6-15(14)17/h4-10,12,15,17,19,25H,11,24H2,1-3H3,(H,26,28)(H,27,31)(H,29,30). The molecule has 0 aromatic heterocycles. The molecule has 8 heteroatoms. The zero-order valence-electron chi connectivity index (χ0n) is 17.8. The van der Waals surface area contributed by atoms with Crippen molar-refractivity contribution in [3.63, 3.8) is 0 Å². The van der Waals surface area contributed by atoms with E-state index in [0.717, 1.165) is 5.57 Å². The highest BCUT2D eigenvalue weighted by atomic mass is 16.4. The Bertz CT molecular complexity index is 988. The molecule has 1 aromatic rings. The molecule has 0 saturated heterocycles. The summed E-state index contributed by atoms with van der Waals surface area (Å²) in [6.07, 6.45) is 9.90. The van der Waals surface area contributed by atoms with E-state index < -0.39 is 23.3 Å². The number of amides is 2. The fourth-order valence-corrected chi connectivity index (χ4v) is 3.41. The lowest BCUT2D eigenvalue weighted by Crippen LogP contribution is -2.41. The monoisotopic (exact) mass is 424 g/mol. The Hall–Kier alpha value is -3.55. The van der Waals surface area contributed by atoms with Crippen LogP contribution in [0.1, 0.15) is 37.6 Å². The Morgan fingerprint density at radius 3 is 2.58 bits per heavy atom. The molecule has 0 bridgehead atoms. The van der Waals surface area contributed by atoms with Gasteiger partial charge in [0.1, 0.15) is 6.04 Å². The number of carboxylic acids is 1. The van der Waals surface area contributed by atoms with Crippen LogP contribution in [0.2, 0.25) is 0 Å². The number of carbonyl (C=O) groups is 3. The summed E-state index contributed by atoms with van der Waals surface area (Å²) in [6, 6.07) is 3.47. The molecule has 164 valence electrons. The first-order valence-electron chi connectivity index (χ1n) is 10.1. The topological polar surface area (TPSA) is 134 Å². The summed E-state index contributed by atoms with van der Waals surface area (Å²) in [5, 5.41) is 18.2. The quantitative estimate of drug-likeness (QED) is 0.445. The van der Waals surface area contributed by atoms with Crippen LogP contribution >= 0.6 is 0 Å². The highest BCUT2D eigenvalue weighted by Crippen LogP contribution is 2.29. The molecule has 3 unspecified atom stereocenters. The molecule has 1 aliphatic carbocycles. The molecule has 1 aliphatic heterocycles. The van der Waals surface area contributed by atoms with E-state index in [1.807, 2.05) is 30.5 Å². The number of carboxylic acid groups (broad SMARTS) is 1. The van der Waals surface area contributed by atoms with Gasteiger partial charge in [0.25, 0.3) is 5.91 Å². The SMILES string of the molecule is CC(C)(C)C(=O)Nc1cc(C(=O)NC(CC2=CNC3C=CC=CC23)C(=O)O)ccc1N. The number of nitrogens with one attached hydrogen (secondary N) is 3. The summed E-state index contributed by atoms with van der Waals surface area (Å²) in [5.74, 6) is -1.85. The van der Waals surface area contributed by atoms with Crippen LogP contribution in [0.5, 0.6) is 0 Å². The van der Waals surface area contributed by atoms with Crippen molar-refractivity contribution >= 4 is 29.2 Å². The minimum atomic E-state index is -1.12. The number of hydrogen-bond donors (Lipinski definition) is 5. The Morgan fingerprint density at radius 1 is 1.19 bits per heavy atom. The molecule has 0 radical (unpaired) electrons. The molecule has 0 spiro atoms. The Kier molecular flexibility index (Phi) is 6.19. The highest BCUT2D eigenvalue weighted by molar-refractivity contribution is 6.01. The normalized spacial score (nSPS) is 20.3. The van der Waals surface area contributed by atoms with Crippen molar-refractivity contribution in [3.8, 4) is 0 Å². The minimum absolute atomic E-state index is 0.0690. The molecule has 2 aliphatic rings. The molecule has 3 atom stereocenters. The van der Waals surface area contributed by atoms with Gasteiger partial charge in [-0.05, 0) is 30.0 Å². The van der Waals surface area contributed by atoms with Crippen molar-refractivity contribution < 1.29 is 19.5 Å². The van der Waals surface area contributed by atoms with E-state index in [2.05, 4.69) is 16.0 Å². The van der Waals surface area contributed by atoms with Gasteiger partial charge in [-0.1, -0.05) is 45.1 Å². The van der Waals surface area contributed by atoms with Crippen LogP contribution in [0.4, 0.5) is 11.4 Å². The third kappa shape index (κ3) is 5.14. The van der Waals surface area contributed by atoms with Crippen LogP contribution in [0.3, 0.4) is 0 Å². The van der Waals surface area contributed by atoms with Gasteiger partial charge in [0.05, 0.1) is 17.4 Å². The fourth-order valence-electron chi connectivity index (χ4n) is 3.41. The number of nitrogens with two attached hydrogens (primary N) is 1. The number of nitrogen functional groups attached to an aromatic ring is 1. The Balaban J connectivity index is 1.72. The highest BCUT2D eigenvalue weighted by Gasteiger charge is 2.31. The molecular weight excluding hydrogens is 396 g/mol.